The van der Waals surface area contributed by atoms with Crippen molar-refractivity contribution < 1.29 is 18.0 Å². The van der Waals surface area contributed by atoms with E-state index in [2.05, 4.69) is 10.3 Å². The maximum atomic E-state index is 12.6. The summed E-state index contributed by atoms with van der Waals surface area (Å²) in [5.41, 5.74) is 7.52. The van der Waals surface area contributed by atoms with Gasteiger partial charge >= 0.3 is 6.18 Å². The summed E-state index contributed by atoms with van der Waals surface area (Å²) in [7, 11) is 0. The highest BCUT2D eigenvalue weighted by Crippen LogP contribution is 2.33. The van der Waals surface area contributed by atoms with Gasteiger partial charge in [0, 0.05) is 37.1 Å². The van der Waals surface area contributed by atoms with E-state index >= 15 is 0 Å². The summed E-state index contributed by atoms with van der Waals surface area (Å²) in [4.78, 5) is 18.0. The van der Waals surface area contributed by atoms with E-state index < -0.39 is 11.7 Å². The van der Waals surface area contributed by atoms with Crippen LogP contribution in [0.4, 0.5) is 30.4 Å². The number of amides is 1. The average molecular weight is 399 g/mol. The number of nitrogens with zero attached hydrogens (tertiary/aromatic N) is 2. The molecule has 5 nitrogen and oxygen atoms in total. The Morgan fingerprint density at radius 3 is 2.85 bits per heavy atom. The lowest BCUT2D eigenvalue weighted by molar-refractivity contribution is -0.137. The zero-order valence-corrected chi connectivity index (χ0v) is 15.1. The summed E-state index contributed by atoms with van der Waals surface area (Å²) >= 11 is 5.85. The van der Waals surface area contributed by atoms with Crippen molar-refractivity contribution in [3.05, 3.63) is 46.6 Å². The predicted octanol–water partition coefficient (Wildman–Crippen LogP) is 4.12. The molecule has 2 heterocycles. The van der Waals surface area contributed by atoms with E-state index in [-0.39, 0.29) is 29.7 Å². The first kappa shape index (κ1) is 19.3. The highest BCUT2D eigenvalue weighted by molar-refractivity contribution is 6.33. The largest absolute Gasteiger partial charge is 0.417 e. The van der Waals surface area contributed by atoms with E-state index in [1.165, 1.54) is 0 Å². The van der Waals surface area contributed by atoms with Crippen molar-refractivity contribution in [3.8, 4) is 0 Å². The second kappa shape index (κ2) is 7.64. The number of nitrogen functional groups attached to an aromatic ring is 1. The number of nitrogens with two attached hydrogens (primary N) is 1. The lowest BCUT2D eigenvalue weighted by Gasteiger charge is -2.30. The quantitative estimate of drug-likeness (QED) is 0.760. The Bertz CT molecular complexity index is 857. The highest BCUT2D eigenvalue weighted by atomic mass is 35.5. The van der Waals surface area contributed by atoms with Gasteiger partial charge in [-0.2, -0.15) is 13.2 Å². The summed E-state index contributed by atoms with van der Waals surface area (Å²) in [5.74, 6) is 0.0119. The van der Waals surface area contributed by atoms with Gasteiger partial charge in [-0.05, 0) is 36.6 Å². The molecule has 9 heteroatoms. The van der Waals surface area contributed by atoms with Gasteiger partial charge in [0.1, 0.15) is 5.82 Å². The second-order valence-electron chi connectivity index (χ2n) is 6.22. The van der Waals surface area contributed by atoms with Crippen LogP contribution in [-0.4, -0.2) is 24.0 Å². The molecule has 0 saturated heterocycles. The number of anilines is 3. The van der Waals surface area contributed by atoms with E-state index in [1.54, 1.807) is 4.90 Å². The van der Waals surface area contributed by atoms with Crippen molar-refractivity contribution in [3.63, 3.8) is 0 Å². The lowest BCUT2D eigenvalue weighted by Crippen LogP contribution is -2.36. The minimum Gasteiger partial charge on any atom is -0.398 e. The number of pyridine rings is 1. The minimum absolute atomic E-state index is 0.0999. The van der Waals surface area contributed by atoms with Crippen LogP contribution in [0.3, 0.4) is 0 Å². The third kappa shape index (κ3) is 4.27. The van der Waals surface area contributed by atoms with Gasteiger partial charge in [-0.15, -0.1) is 0 Å². The Kier molecular flexibility index (Phi) is 5.46. The van der Waals surface area contributed by atoms with Crippen LogP contribution >= 0.6 is 11.6 Å². The molecule has 0 spiro atoms. The lowest BCUT2D eigenvalue weighted by atomic mass is 9.99. The van der Waals surface area contributed by atoms with Gasteiger partial charge in [-0.25, -0.2) is 4.98 Å². The van der Waals surface area contributed by atoms with Crippen molar-refractivity contribution in [2.45, 2.75) is 25.4 Å². The summed E-state index contributed by atoms with van der Waals surface area (Å²) in [6.07, 6.45) is -2.00. The number of rotatable bonds is 4. The molecule has 144 valence electrons. The summed E-state index contributed by atoms with van der Waals surface area (Å²) in [6, 6.07) is 6.30. The molecule has 1 aromatic carbocycles. The molecule has 0 bridgehead atoms. The van der Waals surface area contributed by atoms with Gasteiger partial charge in [-0.3, -0.25) is 4.79 Å². The molecule has 1 amide bonds. The fourth-order valence-corrected chi connectivity index (χ4v) is 3.29. The van der Waals surface area contributed by atoms with E-state index in [1.807, 2.05) is 18.2 Å². The first-order chi connectivity index (χ1) is 12.8. The molecule has 2 aromatic rings. The maximum absolute atomic E-state index is 12.6. The van der Waals surface area contributed by atoms with E-state index in [0.717, 1.165) is 30.2 Å². The maximum Gasteiger partial charge on any atom is 0.417 e. The Balaban J connectivity index is 1.62. The number of benzene rings is 1. The van der Waals surface area contributed by atoms with Gasteiger partial charge in [0.2, 0.25) is 5.91 Å². The Labute approximate surface area is 159 Å². The Hall–Kier alpha value is -2.48. The first-order valence-electron chi connectivity index (χ1n) is 8.41. The number of carbonyl (C=O) groups is 1. The van der Waals surface area contributed by atoms with Gasteiger partial charge < -0.3 is 16.0 Å². The monoisotopic (exact) mass is 398 g/mol. The molecule has 1 aliphatic rings. The molecule has 27 heavy (non-hydrogen) atoms. The van der Waals surface area contributed by atoms with Crippen LogP contribution in [0.25, 0.3) is 0 Å². The Morgan fingerprint density at radius 1 is 1.37 bits per heavy atom. The number of nitrogens with one attached hydrogen (secondary N) is 1. The zero-order chi connectivity index (χ0) is 19.6. The number of hydrogen-bond acceptors (Lipinski definition) is 4. The standard InChI is InChI=1S/C18H18ClF3N4O/c19-13-9-11(18(20,21)22)10-25-17(13)24-7-6-16(27)26-8-2-3-12-14(23)4-1-5-15(12)26/h1,4-5,9-10H,2-3,6-8,23H2,(H,24,25). The third-order valence-electron chi connectivity index (χ3n) is 4.39. The smallest absolute Gasteiger partial charge is 0.398 e. The molecule has 0 radical (unpaired) electrons. The van der Waals surface area contributed by atoms with Crippen molar-refractivity contribution in [2.24, 2.45) is 0 Å². The SMILES string of the molecule is Nc1cccc2c1CCCN2C(=O)CCNc1ncc(C(F)(F)F)cc1Cl. The number of fused-ring (bicyclic) bond motifs is 1. The fraction of sp³-hybridized carbons (Fsp3) is 0.333. The van der Waals surface area contributed by atoms with Crippen LogP contribution < -0.4 is 16.0 Å². The fourth-order valence-electron chi connectivity index (χ4n) is 3.06. The van der Waals surface area contributed by atoms with Crippen LogP contribution in [-0.2, 0) is 17.4 Å². The minimum atomic E-state index is -4.51. The molecular weight excluding hydrogens is 381 g/mol. The van der Waals surface area contributed by atoms with Gasteiger partial charge in [0.25, 0.3) is 0 Å². The normalized spacial score (nSPS) is 14.0. The molecule has 0 atom stereocenters. The summed E-state index contributed by atoms with van der Waals surface area (Å²) in [5, 5.41) is 2.67. The number of alkyl halides is 3. The highest BCUT2D eigenvalue weighted by Gasteiger charge is 2.31. The molecule has 0 saturated carbocycles. The number of hydrogen-bond donors (Lipinski definition) is 2. The number of halogens is 4. The number of aromatic nitrogens is 1. The molecule has 0 aliphatic carbocycles. The van der Waals surface area contributed by atoms with Crippen LogP contribution in [0, 0.1) is 0 Å². The molecule has 0 fully saturated rings. The van der Waals surface area contributed by atoms with Crippen LogP contribution in [0.1, 0.15) is 24.0 Å². The van der Waals surface area contributed by atoms with E-state index in [0.29, 0.717) is 18.4 Å². The van der Waals surface area contributed by atoms with Crippen molar-refractivity contribution in [1.29, 1.82) is 0 Å². The van der Waals surface area contributed by atoms with Crippen molar-refractivity contribution in [1.82, 2.24) is 4.98 Å². The molecule has 3 rings (SSSR count). The van der Waals surface area contributed by atoms with Crippen molar-refractivity contribution >= 4 is 34.7 Å². The second-order valence-corrected chi connectivity index (χ2v) is 6.63. The van der Waals surface area contributed by atoms with Crippen LogP contribution in [0.5, 0.6) is 0 Å². The van der Waals surface area contributed by atoms with E-state index in [4.69, 9.17) is 17.3 Å². The Morgan fingerprint density at radius 2 is 2.15 bits per heavy atom. The molecule has 1 aliphatic heterocycles. The molecular formula is C18H18ClF3N4O. The van der Waals surface area contributed by atoms with Crippen LogP contribution in [0.15, 0.2) is 30.5 Å². The summed E-state index contributed by atoms with van der Waals surface area (Å²) in [6.45, 7) is 0.805. The van der Waals surface area contributed by atoms with Crippen LogP contribution in [0.2, 0.25) is 5.02 Å². The summed E-state index contributed by atoms with van der Waals surface area (Å²) < 4.78 is 37.9. The van der Waals surface area contributed by atoms with Gasteiger partial charge in [0.05, 0.1) is 10.6 Å². The topological polar surface area (TPSA) is 71.2 Å². The zero-order valence-electron chi connectivity index (χ0n) is 14.3. The first-order valence-corrected chi connectivity index (χ1v) is 8.79. The van der Waals surface area contributed by atoms with Gasteiger partial charge in [0.15, 0.2) is 0 Å². The number of carbonyl (C=O) groups excluding carboxylic acids is 1. The van der Waals surface area contributed by atoms with Crippen molar-refractivity contribution in [2.75, 3.05) is 29.0 Å². The molecule has 1 aromatic heterocycles. The molecule has 3 N–H and O–H groups in total. The predicted molar refractivity (Wildman–Crippen MR) is 98.9 cm³/mol. The molecule has 0 unspecified atom stereocenters. The average Bonchev–Trinajstić information content (AvgIpc) is 2.62. The third-order valence-corrected chi connectivity index (χ3v) is 4.68. The van der Waals surface area contributed by atoms with Gasteiger partial charge in [-0.1, -0.05) is 17.7 Å². The van der Waals surface area contributed by atoms with E-state index in [9.17, 15) is 18.0 Å².